The van der Waals surface area contributed by atoms with Crippen LogP contribution in [0.15, 0.2) is 60.7 Å². The number of methoxy groups -OCH3 is 1. The zero-order valence-corrected chi connectivity index (χ0v) is 14.3. The van der Waals surface area contributed by atoms with Crippen LogP contribution in [0.1, 0.15) is 36.8 Å². The van der Waals surface area contributed by atoms with Crippen molar-refractivity contribution < 1.29 is 4.74 Å². The number of rotatable bonds is 4. The summed E-state index contributed by atoms with van der Waals surface area (Å²) >= 11 is 0. The highest BCUT2D eigenvalue weighted by atomic mass is 16.5. The molecule has 0 N–H and O–H groups in total. The Labute approximate surface area is 144 Å². The van der Waals surface area contributed by atoms with Crippen LogP contribution in [0.2, 0.25) is 0 Å². The highest BCUT2D eigenvalue weighted by molar-refractivity contribution is 5.68. The lowest BCUT2D eigenvalue weighted by Gasteiger charge is -2.45. The van der Waals surface area contributed by atoms with Crippen LogP contribution in [-0.4, -0.2) is 24.1 Å². The predicted octanol–water partition coefficient (Wildman–Crippen LogP) is 4.91. The largest absolute Gasteiger partial charge is 0.497 e. The van der Waals surface area contributed by atoms with Crippen molar-refractivity contribution in [2.24, 2.45) is 0 Å². The number of benzene rings is 2. The van der Waals surface area contributed by atoms with Gasteiger partial charge in [0.2, 0.25) is 0 Å². The van der Waals surface area contributed by atoms with E-state index in [1.54, 1.807) is 7.11 Å². The van der Waals surface area contributed by atoms with E-state index in [9.17, 15) is 0 Å². The van der Waals surface area contributed by atoms with Crippen molar-refractivity contribution in [1.82, 2.24) is 4.90 Å². The zero-order chi connectivity index (χ0) is 16.4. The van der Waals surface area contributed by atoms with Gasteiger partial charge in [0.1, 0.15) is 5.75 Å². The van der Waals surface area contributed by atoms with Crippen molar-refractivity contribution in [2.45, 2.75) is 44.3 Å². The second-order valence-corrected chi connectivity index (χ2v) is 6.93. The molecule has 2 aliphatic rings. The van der Waals surface area contributed by atoms with Crippen molar-refractivity contribution >= 4 is 5.57 Å². The molecule has 1 fully saturated rings. The Bertz CT molecular complexity index is 705. The third kappa shape index (κ3) is 3.11. The Hall–Kier alpha value is -2.06. The molecule has 2 aromatic carbocycles. The molecule has 24 heavy (non-hydrogen) atoms. The highest BCUT2D eigenvalue weighted by Crippen LogP contribution is 2.38. The summed E-state index contributed by atoms with van der Waals surface area (Å²) in [6, 6.07) is 20.7. The van der Waals surface area contributed by atoms with Crippen molar-refractivity contribution in [3.05, 3.63) is 71.8 Å². The van der Waals surface area contributed by atoms with E-state index >= 15 is 0 Å². The van der Waals surface area contributed by atoms with Gasteiger partial charge in [-0.05, 0) is 48.1 Å². The second kappa shape index (κ2) is 6.82. The molecular weight excluding hydrogens is 294 g/mol. The van der Waals surface area contributed by atoms with Gasteiger partial charge in [-0.15, -0.1) is 0 Å². The van der Waals surface area contributed by atoms with E-state index in [0.717, 1.165) is 18.7 Å². The van der Waals surface area contributed by atoms with Gasteiger partial charge in [0.15, 0.2) is 0 Å². The number of piperidine rings is 1. The molecule has 2 unspecified atom stereocenters. The van der Waals surface area contributed by atoms with E-state index in [-0.39, 0.29) is 0 Å². The quantitative estimate of drug-likeness (QED) is 0.794. The minimum absolute atomic E-state index is 0.579. The van der Waals surface area contributed by atoms with E-state index < -0.39 is 0 Å². The maximum Gasteiger partial charge on any atom is 0.118 e. The molecule has 2 nitrogen and oxygen atoms in total. The molecule has 124 valence electrons. The number of fused-ring (bicyclic) bond motifs is 2. The smallest absolute Gasteiger partial charge is 0.118 e. The number of hydrogen-bond donors (Lipinski definition) is 0. The number of hydrogen-bond acceptors (Lipinski definition) is 2. The predicted molar refractivity (Wildman–Crippen MR) is 99.0 cm³/mol. The van der Waals surface area contributed by atoms with Crippen LogP contribution < -0.4 is 4.74 Å². The van der Waals surface area contributed by atoms with E-state index in [1.807, 2.05) is 0 Å². The molecule has 2 atom stereocenters. The number of nitrogens with zero attached hydrogens (tertiary/aromatic N) is 1. The summed E-state index contributed by atoms with van der Waals surface area (Å²) in [6.07, 6.45) is 7.63. The van der Waals surface area contributed by atoms with Gasteiger partial charge in [0.25, 0.3) is 0 Å². The lowest BCUT2D eigenvalue weighted by atomic mass is 9.82. The molecule has 4 rings (SSSR count). The van der Waals surface area contributed by atoms with Gasteiger partial charge in [-0.25, -0.2) is 0 Å². The zero-order valence-electron chi connectivity index (χ0n) is 14.3. The van der Waals surface area contributed by atoms with Gasteiger partial charge in [0.05, 0.1) is 7.11 Å². The minimum atomic E-state index is 0.579. The summed E-state index contributed by atoms with van der Waals surface area (Å²) in [4.78, 5) is 2.71. The molecule has 1 saturated heterocycles. The first-order valence-electron chi connectivity index (χ1n) is 8.98. The Morgan fingerprint density at radius 2 is 1.79 bits per heavy atom. The van der Waals surface area contributed by atoms with E-state index in [4.69, 9.17) is 4.74 Å². The molecule has 2 heterocycles. The van der Waals surface area contributed by atoms with Crippen LogP contribution in [0, 0.1) is 0 Å². The molecule has 0 aromatic heterocycles. The molecule has 0 spiro atoms. The van der Waals surface area contributed by atoms with E-state index in [1.165, 1.54) is 36.0 Å². The fourth-order valence-electron chi connectivity index (χ4n) is 4.18. The van der Waals surface area contributed by atoms with Crippen molar-refractivity contribution in [3.63, 3.8) is 0 Å². The van der Waals surface area contributed by atoms with Crippen LogP contribution in [0.4, 0.5) is 0 Å². The fraction of sp³-hybridized carbons (Fsp3) is 0.364. The third-order valence-corrected chi connectivity index (χ3v) is 5.45. The van der Waals surface area contributed by atoms with Crippen molar-refractivity contribution in [3.8, 4) is 5.75 Å². The first kappa shape index (κ1) is 15.5. The molecule has 0 amide bonds. The van der Waals surface area contributed by atoms with E-state index in [2.05, 4.69) is 65.6 Å². The van der Waals surface area contributed by atoms with Gasteiger partial charge in [-0.2, -0.15) is 0 Å². The van der Waals surface area contributed by atoms with Gasteiger partial charge in [0, 0.05) is 18.6 Å². The summed E-state index contributed by atoms with van der Waals surface area (Å²) in [5.74, 6) is 0.932. The summed E-state index contributed by atoms with van der Waals surface area (Å²) in [5, 5.41) is 0. The lowest BCUT2D eigenvalue weighted by molar-refractivity contribution is 0.0951. The van der Waals surface area contributed by atoms with Crippen LogP contribution in [0.3, 0.4) is 0 Å². The minimum Gasteiger partial charge on any atom is -0.497 e. The second-order valence-electron chi connectivity index (χ2n) is 6.93. The molecule has 2 heteroatoms. The van der Waals surface area contributed by atoms with Crippen molar-refractivity contribution in [2.75, 3.05) is 7.11 Å². The Morgan fingerprint density at radius 1 is 1.00 bits per heavy atom. The van der Waals surface area contributed by atoms with Crippen molar-refractivity contribution in [1.29, 1.82) is 0 Å². The van der Waals surface area contributed by atoms with Gasteiger partial charge in [-0.3, -0.25) is 4.90 Å². The maximum atomic E-state index is 5.29. The lowest BCUT2D eigenvalue weighted by Crippen LogP contribution is -2.47. The van der Waals surface area contributed by atoms with Crippen LogP contribution in [0.25, 0.3) is 5.57 Å². The molecule has 0 radical (unpaired) electrons. The molecule has 0 aliphatic carbocycles. The van der Waals surface area contributed by atoms with Crippen LogP contribution >= 0.6 is 0 Å². The number of ether oxygens (including phenoxy) is 1. The molecule has 2 bridgehead atoms. The highest BCUT2D eigenvalue weighted by Gasteiger charge is 2.33. The third-order valence-electron chi connectivity index (χ3n) is 5.45. The summed E-state index contributed by atoms with van der Waals surface area (Å²) in [7, 11) is 1.72. The first-order chi connectivity index (χ1) is 11.8. The first-order valence-corrected chi connectivity index (χ1v) is 8.98. The molecule has 2 aromatic rings. The average Bonchev–Trinajstić information content (AvgIpc) is 2.62. The van der Waals surface area contributed by atoms with Gasteiger partial charge < -0.3 is 4.74 Å². The molecular formula is C22H25NO. The maximum absolute atomic E-state index is 5.29. The van der Waals surface area contributed by atoms with E-state index in [0.29, 0.717) is 12.1 Å². The normalized spacial score (nSPS) is 23.6. The Morgan fingerprint density at radius 3 is 2.50 bits per heavy atom. The average molecular weight is 319 g/mol. The Kier molecular flexibility index (Phi) is 4.40. The SMILES string of the molecule is COc1ccc(C2=CC3CCCC(C2)N3Cc2ccccc2)cc1. The van der Waals surface area contributed by atoms with Crippen LogP contribution in [0.5, 0.6) is 5.75 Å². The van der Waals surface area contributed by atoms with Gasteiger partial charge in [-0.1, -0.05) is 55.0 Å². The van der Waals surface area contributed by atoms with Gasteiger partial charge >= 0.3 is 0 Å². The standard InChI is InChI=1S/C22H25NO/c1-24-22-12-10-18(11-13-22)19-14-20-8-5-9-21(15-19)23(20)16-17-6-3-2-4-7-17/h2-4,6-7,10-14,20-21H,5,8-9,15-16H2,1H3. The molecule has 2 aliphatic heterocycles. The monoisotopic (exact) mass is 319 g/mol. The Balaban J connectivity index is 1.57. The topological polar surface area (TPSA) is 12.5 Å². The molecule has 0 saturated carbocycles. The summed E-state index contributed by atoms with van der Waals surface area (Å²) < 4.78 is 5.29. The van der Waals surface area contributed by atoms with Crippen LogP contribution in [-0.2, 0) is 6.54 Å². The fourth-order valence-corrected chi connectivity index (χ4v) is 4.18. The summed E-state index contributed by atoms with van der Waals surface area (Å²) in [6.45, 7) is 1.07. The summed E-state index contributed by atoms with van der Waals surface area (Å²) in [5.41, 5.74) is 4.29.